The van der Waals surface area contributed by atoms with Crippen LogP contribution in [0.3, 0.4) is 0 Å². The van der Waals surface area contributed by atoms with Gasteiger partial charge in [0.05, 0.1) is 28.2 Å². The van der Waals surface area contributed by atoms with Crippen LogP contribution in [0.15, 0.2) is 30.3 Å². The Kier molecular flexibility index (Phi) is 14.1. The topological polar surface area (TPSA) is 37.0 Å². The van der Waals surface area contributed by atoms with Crippen molar-refractivity contribution in [3.63, 3.8) is 0 Å². The standard InChI is InChI=1S/C16H25N2Si.C6H16N2.Li/c1-19(2,3)18-16(14-10-6-4-7-11-14)17-15-12-8-5-9-13-15;1-7(2)5-6-8(3)4;/h4,6-7,10-11,15H,5,8-9,12-13H2,1-3H3;5-6H2,1-4H3;/q-1;;+1/p+3. The molecule has 1 saturated carbocycles. The average molecular weight is 400 g/mol. The van der Waals surface area contributed by atoms with E-state index in [4.69, 9.17) is 4.98 Å². The van der Waals surface area contributed by atoms with Crippen molar-refractivity contribution >= 4 is 14.1 Å². The van der Waals surface area contributed by atoms with Crippen LogP contribution in [-0.2, 0) is 0 Å². The zero-order valence-electron chi connectivity index (χ0n) is 19.9. The van der Waals surface area contributed by atoms with Gasteiger partial charge in [-0.1, -0.05) is 49.6 Å². The molecule has 4 nitrogen and oxygen atoms in total. The van der Waals surface area contributed by atoms with Gasteiger partial charge in [-0.15, -0.1) is 0 Å². The molecule has 28 heavy (non-hydrogen) atoms. The second-order valence-electron chi connectivity index (χ2n) is 9.39. The Balaban J connectivity index is 0.000000694. The fraction of sp³-hybridized carbons (Fsp3) is 0.682. The van der Waals surface area contributed by atoms with Crippen LogP contribution < -0.4 is 33.7 Å². The van der Waals surface area contributed by atoms with Crippen molar-refractivity contribution in [2.24, 2.45) is 0 Å². The van der Waals surface area contributed by atoms with Crippen LogP contribution >= 0.6 is 0 Å². The number of amidine groups is 1. The number of quaternary nitrogens is 2. The number of rotatable bonds is 6. The Hall–Kier alpha value is -0.576. The van der Waals surface area contributed by atoms with E-state index in [1.807, 2.05) is 0 Å². The third-order valence-electron chi connectivity index (χ3n) is 4.57. The van der Waals surface area contributed by atoms with Gasteiger partial charge in [-0.05, 0) is 32.5 Å². The predicted molar refractivity (Wildman–Crippen MR) is 120 cm³/mol. The summed E-state index contributed by atoms with van der Waals surface area (Å²) in [5.74, 6) is 1.12. The molecule has 2 rings (SSSR count). The fourth-order valence-corrected chi connectivity index (χ4v) is 3.92. The zero-order valence-corrected chi connectivity index (χ0v) is 20.9. The van der Waals surface area contributed by atoms with Gasteiger partial charge in [0, 0.05) is 11.6 Å². The second kappa shape index (κ2) is 14.4. The van der Waals surface area contributed by atoms with E-state index in [2.05, 4.69) is 83.2 Å². The first-order valence-corrected chi connectivity index (χ1v) is 14.1. The SMILES string of the molecule is C[NH+](C)CC[NH+](C)C.C[Si](C)(C)[N-]C(=[NH+]C1CCCCC1)c1ccccc1.[Li+]. The van der Waals surface area contributed by atoms with Crippen LogP contribution in [0.5, 0.6) is 0 Å². The molecule has 1 fully saturated rings. The van der Waals surface area contributed by atoms with Crippen molar-refractivity contribution in [3.8, 4) is 0 Å². The van der Waals surface area contributed by atoms with Crippen molar-refractivity contribution < 1.29 is 33.7 Å². The molecule has 0 amide bonds. The first-order valence-electron chi connectivity index (χ1n) is 10.7. The first-order chi connectivity index (χ1) is 12.7. The molecule has 0 unspecified atom stereocenters. The van der Waals surface area contributed by atoms with E-state index in [-0.39, 0.29) is 18.9 Å². The molecule has 0 bridgehead atoms. The van der Waals surface area contributed by atoms with E-state index in [0.29, 0.717) is 6.04 Å². The molecule has 0 saturated heterocycles. The van der Waals surface area contributed by atoms with E-state index < -0.39 is 8.24 Å². The zero-order chi connectivity index (χ0) is 20.3. The molecule has 6 heteroatoms. The summed E-state index contributed by atoms with van der Waals surface area (Å²) in [5.41, 5.74) is 1.23. The number of likely N-dealkylation sites (N-methyl/N-ethyl adjacent to an activating group) is 2. The van der Waals surface area contributed by atoms with Gasteiger partial charge in [-0.2, -0.15) is 0 Å². The van der Waals surface area contributed by atoms with E-state index >= 15 is 0 Å². The van der Waals surface area contributed by atoms with Gasteiger partial charge in [0.25, 0.3) is 0 Å². The molecule has 0 heterocycles. The van der Waals surface area contributed by atoms with E-state index in [0.717, 1.165) is 5.84 Å². The number of nitrogens with one attached hydrogen (secondary N) is 3. The van der Waals surface area contributed by atoms with Gasteiger partial charge in [0.2, 0.25) is 0 Å². The number of nitrogens with zero attached hydrogens (tertiary/aromatic N) is 1. The van der Waals surface area contributed by atoms with Crippen molar-refractivity contribution in [3.05, 3.63) is 40.9 Å². The fourth-order valence-electron chi connectivity index (χ4n) is 3.05. The minimum absolute atomic E-state index is 0. The second-order valence-corrected chi connectivity index (χ2v) is 14.0. The third kappa shape index (κ3) is 13.6. The molecule has 3 N–H and O–H groups in total. The van der Waals surface area contributed by atoms with Crippen LogP contribution in [0.2, 0.25) is 19.6 Å². The molecule has 0 aliphatic heterocycles. The van der Waals surface area contributed by atoms with Gasteiger partial charge < -0.3 is 19.8 Å². The maximum absolute atomic E-state index is 5.02. The minimum atomic E-state index is -1.46. The van der Waals surface area contributed by atoms with Crippen molar-refractivity contribution in [1.29, 1.82) is 0 Å². The Morgan fingerprint density at radius 3 is 1.86 bits per heavy atom. The quantitative estimate of drug-likeness (QED) is 0.265. The Bertz CT molecular complexity index is 527. The van der Waals surface area contributed by atoms with E-state index in [9.17, 15) is 0 Å². The molecule has 1 aliphatic rings. The Morgan fingerprint density at radius 2 is 1.43 bits per heavy atom. The Morgan fingerprint density at radius 1 is 0.929 bits per heavy atom. The molecule has 0 atom stereocenters. The van der Waals surface area contributed by atoms with Crippen LogP contribution in [0.4, 0.5) is 0 Å². The molecular weight excluding hydrogens is 355 g/mol. The largest absolute Gasteiger partial charge is 1.00 e. The molecule has 1 aromatic carbocycles. The number of benzene rings is 1. The number of hydrogen-bond acceptors (Lipinski definition) is 0. The maximum Gasteiger partial charge on any atom is 1.00 e. The summed E-state index contributed by atoms with van der Waals surface area (Å²) in [4.78, 5) is 11.8. The monoisotopic (exact) mass is 399 g/mol. The van der Waals surface area contributed by atoms with E-state index in [1.54, 1.807) is 0 Å². The molecule has 1 aliphatic carbocycles. The molecule has 0 radical (unpaired) electrons. The molecule has 1 aromatic rings. The molecule has 0 spiro atoms. The van der Waals surface area contributed by atoms with Gasteiger partial charge in [0.15, 0.2) is 8.24 Å². The smallest absolute Gasteiger partial charge is 0.368 e. The molecule has 154 valence electrons. The van der Waals surface area contributed by atoms with Gasteiger partial charge in [-0.3, -0.25) is 0 Å². The number of hydrogen-bond donors (Lipinski definition) is 3. The van der Waals surface area contributed by atoms with Crippen molar-refractivity contribution in [2.75, 3.05) is 41.3 Å². The van der Waals surface area contributed by atoms with Crippen molar-refractivity contribution in [2.45, 2.75) is 57.8 Å². The Labute approximate surface area is 187 Å². The van der Waals surface area contributed by atoms with Crippen LogP contribution in [0, 0.1) is 0 Å². The van der Waals surface area contributed by atoms with E-state index in [1.165, 1.54) is 60.6 Å². The van der Waals surface area contributed by atoms with Crippen LogP contribution in [0.1, 0.15) is 37.7 Å². The maximum atomic E-state index is 5.02. The minimum Gasteiger partial charge on any atom is -0.368 e. The first kappa shape index (κ1) is 27.4. The summed E-state index contributed by atoms with van der Waals surface area (Å²) < 4.78 is 0. The van der Waals surface area contributed by atoms with Gasteiger partial charge in [-0.25, -0.2) is 0 Å². The average Bonchev–Trinajstić information content (AvgIpc) is 2.60. The molecular formula is C22H44LiN4Si+3. The summed E-state index contributed by atoms with van der Waals surface area (Å²) in [5, 5.41) is 0. The normalized spacial score (nSPS) is 15.7. The summed E-state index contributed by atoms with van der Waals surface area (Å²) in [6.07, 6.45) is 6.68. The van der Waals surface area contributed by atoms with Crippen LogP contribution in [-0.4, -0.2) is 61.4 Å². The third-order valence-corrected chi connectivity index (χ3v) is 5.46. The molecule has 0 aromatic heterocycles. The van der Waals surface area contributed by atoms with Gasteiger partial charge in [0.1, 0.15) is 18.9 Å². The van der Waals surface area contributed by atoms with Crippen LogP contribution in [0.25, 0.3) is 4.98 Å². The summed E-state index contributed by atoms with van der Waals surface area (Å²) in [7, 11) is 7.27. The summed E-state index contributed by atoms with van der Waals surface area (Å²) in [6, 6.07) is 11.2. The summed E-state index contributed by atoms with van der Waals surface area (Å²) >= 11 is 0. The van der Waals surface area contributed by atoms with Crippen molar-refractivity contribution in [1.82, 2.24) is 0 Å². The summed E-state index contributed by atoms with van der Waals surface area (Å²) in [6.45, 7) is 9.40. The van der Waals surface area contributed by atoms with Gasteiger partial charge >= 0.3 is 18.9 Å². The predicted octanol–water partition coefficient (Wildman–Crippen LogP) is -2.67.